The largest absolute Gasteiger partial charge is 0.370 e. The number of carbonyl (C=O) groups is 1. The van der Waals surface area contributed by atoms with Gasteiger partial charge in [-0.3, -0.25) is 4.90 Å². The monoisotopic (exact) mass is 266 g/mol. The Kier molecular flexibility index (Phi) is 5.29. The molecule has 1 aromatic carbocycles. The van der Waals surface area contributed by atoms with Gasteiger partial charge in [0.1, 0.15) is 5.82 Å². The highest BCUT2D eigenvalue weighted by molar-refractivity contribution is 6.00. The molecule has 0 saturated carbocycles. The Morgan fingerprint density at radius 2 is 2.11 bits per heavy atom. The van der Waals surface area contributed by atoms with Crippen LogP contribution in [-0.4, -0.2) is 18.5 Å². The third kappa shape index (κ3) is 4.24. The van der Waals surface area contributed by atoms with Gasteiger partial charge in [0.15, 0.2) is 5.96 Å². The summed E-state index contributed by atoms with van der Waals surface area (Å²) < 4.78 is 13.1. The fourth-order valence-electron chi connectivity index (χ4n) is 1.73. The maximum atomic E-state index is 13.1. The number of nitrogens with two attached hydrogens (primary N) is 2. The van der Waals surface area contributed by atoms with Crippen LogP contribution in [0.25, 0.3) is 0 Å². The van der Waals surface area contributed by atoms with Crippen molar-refractivity contribution in [3.05, 3.63) is 29.6 Å². The number of guanidine groups is 1. The highest BCUT2D eigenvalue weighted by Crippen LogP contribution is 2.22. The average molecular weight is 266 g/mol. The number of benzene rings is 1. The second kappa shape index (κ2) is 6.72. The molecule has 0 bridgehead atoms. The fraction of sp³-hybridized carbons (Fsp3) is 0.385. The van der Waals surface area contributed by atoms with E-state index in [0.29, 0.717) is 17.8 Å². The van der Waals surface area contributed by atoms with Crippen LogP contribution in [0.15, 0.2) is 23.2 Å². The first-order chi connectivity index (χ1) is 8.95. The zero-order valence-electron chi connectivity index (χ0n) is 11.2. The molecule has 0 heterocycles. The molecule has 0 aliphatic carbocycles. The normalized spacial score (nSPS) is 10.1. The van der Waals surface area contributed by atoms with E-state index in [2.05, 4.69) is 4.99 Å². The van der Waals surface area contributed by atoms with Crippen molar-refractivity contribution in [2.45, 2.75) is 26.7 Å². The number of carbonyl (C=O) groups excluding carboxylic acids is 1. The van der Waals surface area contributed by atoms with E-state index in [1.165, 1.54) is 17.0 Å². The molecule has 104 valence electrons. The number of nitrogens with zero attached hydrogens (tertiary/aromatic N) is 2. The van der Waals surface area contributed by atoms with Crippen LogP contribution >= 0.6 is 0 Å². The van der Waals surface area contributed by atoms with Gasteiger partial charge in [0, 0.05) is 12.2 Å². The van der Waals surface area contributed by atoms with Crippen LogP contribution < -0.4 is 16.4 Å². The van der Waals surface area contributed by atoms with Crippen LogP contribution in [0.3, 0.4) is 0 Å². The number of hydrogen-bond acceptors (Lipinski definition) is 1. The van der Waals surface area contributed by atoms with Crippen LogP contribution in [0.2, 0.25) is 0 Å². The van der Waals surface area contributed by atoms with E-state index in [9.17, 15) is 9.18 Å². The first-order valence-corrected chi connectivity index (χ1v) is 6.13. The summed E-state index contributed by atoms with van der Waals surface area (Å²) in [6.45, 7) is 4.24. The van der Waals surface area contributed by atoms with Crippen LogP contribution in [0.1, 0.15) is 25.3 Å². The number of halogens is 1. The predicted octanol–water partition coefficient (Wildman–Crippen LogP) is 2.13. The molecule has 0 saturated heterocycles. The second-order valence-corrected chi connectivity index (χ2v) is 4.26. The van der Waals surface area contributed by atoms with Gasteiger partial charge < -0.3 is 11.5 Å². The molecular weight excluding hydrogens is 247 g/mol. The molecule has 5 nitrogen and oxygen atoms in total. The van der Waals surface area contributed by atoms with E-state index in [-0.39, 0.29) is 11.8 Å². The van der Waals surface area contributed by atoms with E-state index in [1.807, 2.05) is 6.92 Å². The molecular formula is C13H19FN4O. The van der Waals surface area contributed by atoms with Crippen molar-refractivity contribution in [1.29, 1.82) is 0 Å². The van der Waals surface area contributed by atoms with E-state index in [1.54, 1.807) is 13.0 Å². The van der Waals surface area contributed by atoms with E-state index in [4.69, 9.17) is 11.5 Å². The number of aryl methyl sites for hydroxylation is 1. The molecule has 0 unspecified atom stereocenters. The first-order valence-electron chi connectivity index (χ1n) is 6.13. The molecule has 4 N–H and O–H groups in total. The van der Waals surface area contributed by atoms with Crippen molar-refractivity contribution in [2.24, 2.45) is 16.5 Å². The zero-order valence-corrected chi connectivity index (χ0v) is 11.2. The van der Waals surface area contributed by atoms with Crippen molar-refractivity contribution in [3.8, 4) is 0 Å². The SMILES string of the molecule is CCCCN(C(=O)N=C(N)N)c1ccc(F)cc1C. The lowest BCUT2D eigenvalue weighted by Crippen LogP contribution is -2.33. The zero-order chi connectivity index (χ0) is 14.4. The molecule has 0 aliphatic rings. The average Bonchev–Trinajstić information content (AvgIpc) is 2.31. The van der Waals surface area contributed by atoms with Gasteiger partial charge in [-0.2, -0.15) is 4.99 Å². The maximum absolute atomic E-state index is 13.1. The summed E-state index contributed by atoms with van der Waals surface area (Å²) >= 11 is 0. The lowest BCUT2D eigenvalue weighted by Gasteiger charge is -2.22. The first kappa shape index (κ1) is 14.9. The minimum absolute atomic E-state index is 0.286. The summed E-state index contributed by atoms with van der Waals surface area (Å²) in [5.74, 6) is -0.628. The van der Waals surface area contributed by atoms with Crippen LogP contribution in [0, 0.1) is 12.7 Å². The highest BCUT2D eigenvalue weighted by Gasteiger charge is 2.17. The number of amides is 2. The summed E-state index contributed by atoms with van der Waals surface area (Å²) in [5.41, 5.74) is 11.7. The summed E-state index contributed by atoms with van der Waals surface area (Å²) in [6.07, 6.45) is 1.73. The van der Waals surface area contributed by atoms with Gasteiger partial charge in [0.2, 0.25) is 0 Å². The molecule has 0 atom stereocenters. The minimum atomic E-state index is -0.539. The minimum Gasteiger partial charge on any atom is -0.370 e. The van der Waals surface area contributed by atoms with E-state index in [0.717, 1.165) is 12.8 Å². The lowest BCUT2D eigenvalue weighted by atomic mass is 10.1. The van der Waals surface area contributed by atoms with E-state index >= 15 is 0 Å². The van der Waals surface area contributed by atoms with E-state index < -0.39 is 6.03 Å². The molecule has 1 aromatic rings. The molecule has 0 spiro atoms. The Morgan fingerprint density at radius 3 is 2.63 bits per heavy atom. The Bertz CT molecular complexity index is 484. The Hall–Kier alpha value is -2.11. The summed E-state index contributed by atoms with van der Waals surface area (Å²) in [6, 6.07) is 3.70. The lowest BCUT2D eigenvalue weighted by molar-refractivity contribution is 0.254. The Morgan fingerprint density at radius 1 is 1.42 bits per heavy atom. The van der Waals surface area contributed by atoms with Crippen LogP contribution in [-0.2, 0) is 0 Å². The molecule has 2 amide bonds. The Labute approximate surface area is 112 Å². The molecule has 0 fully saturated rings. The molecule has 19 heavy (non-hydrogen) atoms. The number of urea groups is 1. The van der Waals surface area contributed by atoms with Gasteiger partial charge in [-0.1, -0.05) is 13.3 Å². The molecule has 1 rings (SSSR count). The number of aliphatic imine (C=N–C) groups is 1. The van der Waals surface area contributed by atoms with Crippen LogP contribution in [0.5, 0.6) is 0 Å². The van der Waals surface area contributed by atoms with Gasteiger partial charge in [-0.25, -0.2) is 9.18 Å². The van der Waals surface area contributed by atoms with Gasteiger partial charge in [0.05, 0.1) is 0 Å². The van der Waals surface area contributed by atoms with Crippen molar-refractivity contribution < 1.29 is 9.18 Å². The number of unbranched alkanes of at least 4 members (excludes halogenated alkanes) is 1. The van der Waals surface area contributed by atoms with Crippen molar-refractivity contribution >= 4 is 17.7 Å². The van der Waals surface area contributed by atoms with Crippen molar-refractivity contribution in [3.63, 3.8) is 0 Å². The predicted molar refractivity (Wildman–Crippen MR) is 74.6 cm³/mol. The number of hydrogen-bond donors (Lipinski definition) is 2. The summed E-state index contributed by atoms with van der Waals surface area (Å²) in [4.78, 5) is 17.0. The molecule has 0 aliphatic heterocycles. The quantitative estimate of drug-likeness (QED) is 0.646. The molecule has 0 radical (unpaired) electrons. The summed E-state index contributed by atoms with van der Waals surface area (Å²) in [5, 5.41) is 0. The Balaban J connectivity index is 3.08. The third-order valence-corrected chi connectivity index (χ3v) is 2.64. The van der Waals surface area contributed by atoms with Crippen molar-refractivity contribution in [2.75, 3.05) is 11.4 Å². The number of rotatable bonds is 4. The fourth-order valence-corrected chi connectivity index (χ4v) is 1.73. The van der Waals surface area contributed by atoms with Crippen molar-refractivity contribution in [1.82, 2.24) is 0 Å². The number of anilines is 1. The van der Waals surface area contributed by atoms with Crippen LogP contribution in [0.4, 0.5) is 14.9 Å². The summed E-state index contributed by atoms with van der Waals surface area (Å²) in [7, 11) is 0. The van der Waals surface area contributed by atoms with Gasteiger partial charge in [0.25, 0.3) is 0 Å². The van der Waals surface area contributed by atoms with Gasteiger partial charge in [-0.05, 0) is 37.1 Å². The second-order valence-electron chi connectivity index (χ2n) is 4.26. The highest BCUT2D eigenvalue weighted by atomic mass is 19.1. The molecule has 0 aromatic heterocycles. The molecule has 6 heteroatoms. The van der Waals surface area contributed by atoms with Gasteiger partial charge in [-0.15, -0.1) is 0 Å². The standard InChI is InChI=1S/C13H19FN4O/c1-3-4-7-18(13(19)17-12(15)16)11-6-5-10(14)8-9(11)2/h5-6,8H,3-4,7H2,1-2H3,(H4,15,16,17,19). The maximum Gasteiger partial charge on any atom is 0.351 e. The smallest absolute Gasteiger partial charge is 0.351 e. The topological polar surface area (TPSA) is 84.7 Å². The third-order valence-electron chi connectivity index (χ3n) is 2.64. The van der Waals surface area contributed by atoms with Gasteiger partial charge >= 0.3 is 6.03 Å².